The highest BCUT2D eigenvalue weighted by Gasteiger charge is 2.28. The van der Waals surface area contributed by atoms with Crippen LogP contribution in [0.25, 0.3) is 0 Å². The number of benzene rings is 1. The first-order chi connectivity index (χ1) is 13.2. The average molecular weight is 426 g/mol. The number of carbonyl (C=O) groups is 2. The Balaban J connectivity index is 0.00000280. The van der Waals surface area contributed by atoms with Crippen LogP contribution < -0.4 is 5.32 Å². The smallest absolute Gasteiger partial charge is 0.233 e. The summed E-state index contributed by atoms with van der Waals surface area (Å²) in [5, 5.41) is 3.40. The third-order valence-corrected chi connectivity index (χ3v) is 6.40. The zero-order valence-electron chi connectivity index (χ0n) is 16.7. The predicted octanol–water partition coefficient (Wildman–Crippen LogP) is 2.89. The molecule has 0 bridgehead atoms. The second-order valence-electron chi connectivity index (χ2n) is 7.34. The van der Waals surface area contributed by atoms with Crippen LogP contribution in [0.2, 0.25) is 0 Å². The van der Waals surface area contributed by atoms with Crippen molar-refractivity contribution in [1.82, 2.24) is 15.1 Å². The summed E-state index contributed by atoms with van der Waals surface area (Å²) in [4.78, 5) is 29.0. The first kappa shape index (κ1) is 23.0. The first-order valence-electron chi connectivity index (χ1n) is 10.1. The third-order valence-electron chi connectivity index (χ3n) is 5.50. The summed E-state index contributed by atoms with van der Waals surface area (Å²) in [5.74, 6) is 1.11. The number of amides is 2. The van der Waals surface area contributed by atoms with E-state index in [0.717, 1.165) is 52.0 Å². The van der Waals surface area contributed by atoms with Gasteiger partial charge in [-0.05, 0) is 36.8 Å². The van der Waals surface area contributed by atoms with Crippen molar-refractivity contribution < 1.29 is 9.59 Å². The number of nitrogens with one attached hydrogen (secondary N) is 1. The van der Waals surface area contributed by atoms with E-state index in [-0.39, 0.29) is 30.3 Å². The topological polar surface area (TPSA) is 52.7 Å². The summed E-state index contributed by atoms with van der Waals surface area (Å²) in [6.07, 6.45) is 4.45. The molecule has 0 radical (unpaired) electrons. The Morgan fingerprint density at radius 1 is 1.04 bits per heavy atom. The van der Waals surface area contributed by atoms with E-state index < -0.39 is 0 Å². The molecule has 0 spiro atoms. The van der Waals surface area contributed by atoms with Gasteiger partial charge in [0.1, 0.15) is 0 Å². The molecular formula is C21H32ClN3O2S. The van der Waals surface area contributed by atoms with Crippen molar-refractivity contribution in [2.24, 2.45) is 0 Å². The number of halogens is 1. The summed E-state index contributed by atoms with van der Waals surface area (Å²) in [6.45, 7) is 6.23. The lowest BCUT2D eigenvalue weighted by Gasteiger charge is -2.36. The highest BCUT2D eigenvalue weighted by Crippen LogP contribution is 2.24. The Labute approximate surface area is 179 Å². The fourth-order valence-corrected chi connectivity index (χ4v) is 4.62. The minimum absolute atomic E-state index is 0. The molecule has 5 nitrogen and oxygen atoms in total. The van der Waals surface area contributed by atoms with Crippen LogP contribution in [-0.2, 0) is 16.0 Å². The zero-order valence-corrected chi connectivity index (χ0v) is 18.3. The van der Waals surface area contributed by atoms with Gasteiger partial charge in [0.05, 0.1) is 17.5 Å². The number of rotatable bonds is 6. The molecule has 2 saturated heterocycles. The number of carbonyl (C=O) groups excluding carboxylic acids is 2. The third kappa shape index (κ3) is 6.13. The lowest BCUT2D eigenvalue weighted by molar-refractivity contribution is -0.131. The molecule has 3 rings (SSSR count). The van der Waals surface area contributed by atoms with Crippen molar-refractivity contribution in [2.75, 3.05) is 44.2 Å². The Morgan fingerprint density at radius 2 is 1.71 bits per heavy atom. The molecular weight excluding hydrogens is 394 g/mol. The Bertz CT molecular complexity index is 635. The van der Waals surface area contributed by atoms with Crippen molar-refractivity contribution in [2.45, 2.75) is 38.6 Å². The molecule has 28 heavy (non-hydrogen) atoms. The molecule has 2 aliphatic rings. The molecule has 0 aromatic heterocycles. The van der Waals surface area contributed by atoms with Crippen LogP contribution in [0.3, 0.4) is 0 Å². The van der Waals surface area contributed by atoms with Gasteiger partial charge in [-0.3, -0.25) is 9.59 Å². The predicted molar refractivity (Wildman–Crippen MR) is 118 cm³/mol. The summed E-state index contributed by atoms with van der Waals surface area (Å²) in [7, 11) is 0. The zero-order chi connectivity index (χ0) is 19.1. The maximum atomic E-state index is 12.8. The second-order valence-corrected chi connectivity index (χ2v) is 8.32. The van der Waals surface area contributed by atoms with Crippen molar-refractivity contribution >= 4 is 36.0 Å². The molecule has 1 atom stereocenters. The molecule has 2 amide bonds. The molecule has 2 heterocycles. The fraction of sp³-hybridized carbons (Fsp3) is 0.619. The van der Waals surface area contributed by atoms with E-state index in [0.29, 0.717) is 11.5 Å². The van der Waals surface area contributed by atoms with E-state index in [1.54, 1.807) is 0 Å². The Hall–Kier alpha value is -1.24. The van der Waals surface area contributed by atoms with Gasteiger partial charge in [-0.15, -0.1) is 24.2 Å². The van der Waals surface area contributed by atoms with E-state index in [1.807, 2.05) is 9.80 Å². The average Bonchev–Trinajstić information content (AvgIpc) is 2.74. The van der Waals surface area contributed by atoms with Gasteiger partial charge in [-0.2, -0.15) is 0 Å². The highest BCUT2D eigenvalue weighted by atomic mass is 35.5. The molecule has 1 N–H and O–H groups in total. The van der Waals surface area contributed by atoms with Gasteiger partial charge in [-0.25, -0.2) is 0 Å². The van der Waals surface area contributed by atoms with Gasteiger partial charge < -0.3 is 15.1 Å². The summed E-state index contributed by atoms with van der Waals surface area (Å²) >= 11 is 1.46. The number of likely N-dealkylation sites (tertiary alicyclic amines) is 1. The van der Waals surface area contributed by atoms with Gasteiger partial charge in [0, 0.05) is 32.7 Å². The number of hydrogen-bond acceptors (Lipinski definition) is 4. The molecule has 0 aliphatic carbocycles. The van der Waals surface area contributed by atoms with E-state index in [9.17, 15) is 9.59 Å². The number of hydrogen-bond donors (Lipinski definition) is 1. The van der Waals surface area contributed by atoms with E-state index in [4.69, 9.17) is 0 Å². The second kappa shape index (κ2) is 11.7. The van der Waals surface area contributed by atoms with Crippen LogP contribution in [0.1, 0.15) is 43.4 Å². The molecule has 1 aromatic carbocycles. The summed E-state index contributed by atoms with van der Waals surface area (Å²) in [6, 6.07) is 8.67. The number of thioether (sulfide) groups is 1. The number of aryl methyl sites for hydroxylation is 1. The van der Waals surface area contributed by atoms with E-state index in [1.165, 1.54) is 29.3 Å². The molecule has 1 aromatic rings. The lowest BCUT2D eigenvalue weighted by atomic mass is 10.0. The summed E-state index contributed by atoms with van der Waals surface area (Å²) < 4.78 is 0. The minimum Gasteiger partial charge on any atom is -0.342 e. The maximum Gasteiger partial charge on any atom is 0.233 e. The van der Waals surface area contributed by atoms with Gasteiger partial charge in [0.2, 0.25) is 11.8 Å². The lowest BCUT2D eigenvalue weighted by Crippen LogP contribution is -2.49. The number of piperazine rings is 1. The monoisotopic (exact) mass is 425 g/mol. The maximum absolute atomic E-state index is 12.8. The van der Waals surface area contributed by atoms with Gasteiger partial charge in [0.15, 0.2) is 0 Å². The molecule has 2 fully saturated rings. The van der Waals surface area contributed by atoms with Crippen molar-refractivity contribution in [3.05, 3.63) is 35.4 Å². The highest BCUT2D eigenvalue weighted by molar-refractivity contribution is 8.00. The molecule has 0 saturated carbocycles. The number of piperidine rings is 1. The SMILES string of the molecule is CCc1ccc(C2CNCCN2C(=O)CSCC(=O)N2CCCCC2)cc1.Cl. The fourth-order valence-electron chi connectivity index (χ4n) is 3.82. The first-order valence-corrected chi connectivity index (χ1v) is 11.3. The normalized spacial score (nSPS) is 19.8. The van der Waals surface area contributed by atoms with Crippen LogP contribution in [0.15, 0.2) is 24.3 Å². The molecule has 7 heteroatoms. The summed E-state index contributed by atoms with van der Waals surface area (Å²) in [5.41, 5.74) is 2.49. The molecule has 156 valence electrons. The standard InChI is InChI=1S/C21H31N3O2S.ClH/c1-2-17-6-8-18(9-7-17)19-14-22-10-13-24(19)21(26)16-27-15-20(25)23-11-4-3-5-12-23;/h6-9,19,22H,2-5,10-16H2,1H3;1H. The van der Waals surface area contributed by atoms with Gasteiger partial charge in [-0.1, -0.05) is 31.2 Å². The van der Waals surface area contributed by atoms with Gasteiger partial charge >= 0.3 is 0 Å². The van der Waals surface area contributed by atoms with Crippen LogP contribution >= 0.6 is 24.2 Å². The quantitative estimate of drug-likeness (QED) is 0.761. The Kier molecular flexibility index (Phi) is 9.62. The van der Waals surface area contributed by atoms with Crippen molar-refractivity contribution in [3.8, 4) is 0 Å². The van der Waals surface area contributed by atoms with Crippen molar-refractivity contribution in [1.29, 1.82) is 0 Å². The minimum atomic E-state index is 0. The van der Waals surface area contributed by atoms with Crippen LogP contribution in [0.5, 0.6) is 0 Å². The van der Waals surface area contributed by atoms with Crippen LogP contribution in [-0.4, -0.2) is 65.8 Å². The van der Waals surface area contributed by atoms with E-state index in [2.05, 4.69) is 36.5 Å². The van der Waals surface area contributed by atoms with E-state index >= 15 is 0 Å². The number of nitrogens with zero attached hydrogens (tertiary/aromatic N) is 2. The molecule has 2 aliphatic heterocycles. The van der Waals surface area contributed by atoms with Crippen LogP contribution in [0.4, 0.5) is 0 Å². The van der Waals surface area contributed by atoms with Crippen molar-refractivity contribution in [3.63, 3.8) is 0 Å². The molecule has 1 unspecified atom stereocenters. The Morgan fingerprint density at radius 3 is 2.39 bits per heavy atom. The van der Waals surface area contributed by atoms with Crippen LogP contribution in [0, 0.1) is 0 Å². The largest absolute Gasteiger partial charge is 0.342 e. The van der Waals surface area contributed by atoms with Gasteiger partial charge in [0.25, 0.3) is 0 Å².